The minimum atomic E-state index is -1.00. The van der Waals surface area contributed by atoms with Crippen LogP contribution < -0.4 is 11.1 Å². The molecule has 7 nitrogen and oxygen atoms in total. The summed E-state index contributed by atoms with van der Waals surface area (Å²) in [6.07, 6.45) is 4.55. The molecule has 0 spiro atoms. The fourth-order valence-corrected chi connectivity index (χ4v) is 3.36. The molecule has 1 aliphatic rings. The fraction of sp³-hybridized carbons (Fsp3) is 0.278. The molecule has 0 saturated heterocycles. The van der Waals surface area contributed by atoms with Crippen molar-refractivity contribution in [2.24, 2.45) is 0 Å². The number of hydrogen-bond acceptors (Lipinski definition) is 7. The first-order chi connectivity index (χ1) is 13.5. The Bertz CT molecular complexity index is 991. The van der Waals surface area contributed by atoms with Gasteiger partial charge >= 0.3 is 0 Å². The quantitative estimate of drug-likeness (QED) is 0.694. The second kappa shape index (κ2) is 7.02. The van der Waals surface area contributed by atoms with E-state index in [2.05, 4.69) is 30.2 Å². The van der Waals surface area contributed by atoms with E-state index in [1.807, 2.05) is 0 Å². The van der Waals surface area contributed by atoms with Crippen LogP contribution in [0.25, 0.3) is 11.3 Å². The Hall–Kier alpha value is -3.30. The van der Waals surface area contributed by atoms with Gasteiger partial charge < -0.3 is 11.1 Å². The van der Waals surface area contributed by atoms with Crippen LogP contribution in [0, 0.1) is 11.6 Å². The molecule has 3 aromatic rings. The number of anilines is 2. The van der Waals surface area contributed by atoms with E-state index in [1.165, 1.54) is 30.7 Å². The van der Waals surface area contributed by atoms with E-state index in [0.717, 1.165) is 6.20 Å². The van der Waals surface area contributed by atoms with Gasteiger partial charge in [0.05, 0.1) is 11.9 Å². The highest BCUT2D eigenvalue weighted by atomic mass is 19.1. The van der Waals surface area contributed by atoms with E-state index in [9.17, 15) is 13.2 Å². The zero-order valence-corrected chi connectivity index (χ0v) is 14.6. The van der Waals surface area contributed by atoms with Crippen molar-refractivity contribution >= 4 is 11.9 Å². The molecule has 28 heavy (non-hydrogen) atoms. The number of nitrogens with one attached hydrogen (secondary N) is 1. The second-order valence-electron chi connectivity index (χ2n) is 6.69. The van der Waals surface area contributed by atoms with Crippen LogP contribution in [0.3, 0.4) is 0 Å². The molecule has 144 valence electrons. The van der Waals surface area contributed by atoms with Gasteiger partial charge in [0, 0.05) is 36.1 Å². The highest BCUT2D eigenvalue weighted by molar-refractivity contribution is 5.59. The summed E-state index contributed by atoms with van der Waals surface area (Å²) in [5, 5.41) is 2.99. The monoisotopic (exact) mass is 387 g/mol. The van der Waals surface area contributed by atoms with Gasteiger partial charge in [-0.2, -0.15) is 0 Å². The Morgan fingerprint density at radius 3 is 2.50 bits per heavy atom. The van der Waals surface area contributed by atoms with Crippen LogP contribution in [0.2, 0.25) is 0 Å². The molecule has 3 heterocycles. The summed E-state index contributed by atoms with van der Waals surface area (Å²) in [4.78, 5) is 19.8. The van der Waals surface area contributed by atoms with Gasteiger partial charge in [-0.3, -0.25) is 4.98 Å². The van der Waals surface area contributed by atoms with Crippen LogP contribution >= 0.6 is 0 Å². The molecule has 3 aromatic heterocycles. The number of halogens is 3. The number of nitrogens with zero attached hydrogens (tertiary/aromatic N) is 5. The molecule has 0 bridgehead atoms. The normalized spacial score (nSPS) is 21.2. The number of nitrogen functional groups attached to an aromatic ring is 1. The Morgan fingerprint density at radius 1 is 1.07 bits per heavy atom. The van der Waals surface area contributed by atoms with Crippen molar-refractivity contribution in [1.82, 2.24) is 24.9 Å². The molecule has 0 aromatic carbocycles. The third-order valence-corrected chi connectivity index (χ3v) is 4.76. The minimum Gasteiger partial charge on any atom is -0.368 e. The molecule has 1 saturated carbocycles. The number of pyridine rings is 1. The SMILES string of the molecule is Nc1ncc(F)c(-c2cnc(NCC3(c4ncccc4F)CC(F)C3)nc2)n1. The van der Waals surface area contributed by atoms with E-state index in [1.54, 1.807) is 0 Å². The smallest absolute Gasteiger partial charge is 0.222 e. The van der Waals surface area contributed by atoms with Crippen molar-refractivity contribution in [1.29, 1.82) is 0 Å². The van der Waals surface area contributed by atoms with Crippen molar-refractivity contribution in [3.8, 4) is 11.3 Å². The maximum atomic E-state index is 14.2. The molecule has 4 rings (SSSR count). The fourth-order valence-electron chi connectivity index (χ4n) is 3.36. The lowest BCUT2D eigenvalue weighted by atomic mass is 9.65. The van der Waals surface area contributed by atoms with Gasteiger partial charge in [-0.15, -0.1) is 0 Å². The van der Waals surface area contributed by atoms with Crippen LogP contribution in [0.5, 0.6) is 0 Å². The van der Waals surface area contributed by atoms with Crippen LogP contribution in [0.15, 0.2) is 36.9 Å². The predicted octanol–water partition coefficient (Wildman–Crippen LogP) is 2.67. The third-order valence-electron chi connectivity index (χ3n) is 4.76. The standard InChI is InChI=1S/C18H16F3N7/c19-11-4-18(5-11,15-12(20)2-1-3-23-15)9-27-17-25-6-10(7-26-17)14-13(21)8-24-16(22)28-14/h1-3,6-8,11H,4-5,9H2,(H2,22,24,28)(H,25,26,27). The summed E-state index contributed by atoms with van der Waals surface area (Å²) in [5.74, 6) is -0.941. The van der Waals surface area contributed by atoms with Crippen molar-refractivity contribution in [3.63, 3.8) is 0 Å². The number of hydrogen-bond donors (Lipinski definition) is 2. The number of alkyl halides is 1. The van der Waals surface area contributed by atoms with Gasteiger partial charge in [0.2, 0.25) is 11.9 Å². The Morgan fingerprint density at radius 2 is 1.82 bits per heavy atom. The molecule has 0 amide bonds. The van der Waals surface area contributed by atoms with Crippen LogP contribution in [0.4, 0.5) is 25.1 Å². The first-order valence-electron chi connectivity index (χ1n) is 8.56. The van der Waals surface area contributed by atoms with Crippen LogP contribution in [0.1, 0.15) is 18.5 Å². The average Bonchev–Trinajstić information content (AvgIpc) is 2.67. The van der Waals surface area contributed by atoms with Gasteiger partial charge in [-0.05, 0) is 25.0 Å². The molecule has 0 unspecified atom stereocenters. The van der Waals surface area contributed by atoms with Crippen molar-refractivity contribution in [2.45, 2.75) is 24.4 Å². The Kier molecular flexibility index (Phi) is 4.54. The Balaban J connectivity index is 1.52. The zero-order valence-electron chi connectivity index (χ0n) is 14.6. The van der Waals surface area contributed by atoms with Crippen LogP contribution in [-0.2, 0) is 5.41 Å². The number of rotatable bonds is 5. The first kappa shape index (κ1) is 18.1. The van der Waals surface area contributed by atoms with E-state index in [0.29, 0.717) is 5.56 Å². The van der Waals surface area contributed by atoms with Crippen LogP contribution in [-0.4, -0.2) is 37.6 Å². The van der Waals surface area contributed by atoms with Gasteiger partial charge in [0.15, 0.2) is 5.82 Å². The summed E-state index contributed by atoms with van der Waals surface area (Å²) >= 11 is 0. The highest BCUT2D eigenvalue weighted by Crippen LogP contribution is 2.45. The predicted molar refractivity (Wildman–Crippen MR) is 95.9 cm³/mol. The summed E-state index contributed by atoms with van der Waals surface area (Å²) in [5.41, 5.74) is 5.27. The van der Waals surface area contributed by atoms with E-state index >= 15 is 0 Å². The van der Waals surface area contributed by atoms with E-state index in [4.69, 9.17) is 5.73 Å². The van der Waals surface area contributed by atoms with Gasteiger partial charge in [0.25, 0.3) is 0 Å². The van der Waals surface area contributed by atoms with E-state index in [-0.39, 0.29) is 42.7 Å². The first-order valence-corrected chi connectivity index (χ1v) is 8.56. The lowest BCUT2D eigenvalue weighted by Crippen LogP contribution is -2.49. The highest BCUT2D eigenvalue weighted by Gasteiger charge is 2.48. The maximum absolute atomic E-state index is 14.2. The lowest BCUT2D eigenvalue weighted by Gasteiger charge is -2.43. The Labute approximate surface area is 158 Å². The summed E-state index contributed by atoms with van der Waals surface area (Å²) < 4.78 is 41.6. The van der Waals surface area contributed by atoms with E-state index < -0.39 is 23.2 Å². The minimum absolute atomic E-state index is 0.00894. The van der Waals surface area contributed by atoms with Gasteiger partial charge in [0.1, 0.15) is 17.7 Å². The van der Waals surface area contributed by atoms with Gasteiger partial charge in [-0.1, -0.05) is 0 Å². The average molecular weight is 387 g/mol. The molecule has 3 N–H and O–H groups in total. The molecule has 0 aliphatic heterocycles. The summed E-state index contributed by atoms with van der Waals surface area (Å²) in [7, 11) is 0. The largest absolute Gasteiger partial charge is 0.368 e. The van der Waals surface area contributed by atoms with Crippen molar-refractivity contribution in [3.05, 3.63) is 54.2 Å². The van der Waals surface area contributed by atoms with Gasteiger partial charge in [-0.25, -0.2) is 33.1 Å². The molecular formula is C18H16F3N7. The van der Waals surface area contributed by atoms with Crippen molar-refractivity contribution < 1.29 is 13.2 Å². The molecule has 0 atom stereocenters. The number of aromatic nitrogens is 5. The maximum Gasteiger partial charge on any atom is 0.222 e. The molecular weight excluding hydrogens is 371 g/mol. The third kappa shape index (κ3) is 3.32. The molecule has 1 fully saturated rings. The summed E-state index contributed by atoms with van der Waals surface area (Å²) in [6, 6.07) is 2.80. The number of nitrogens with two attached hydrogens (primary N) is 1. The van der Waals surface area contributed by atoms with Crippen molar-refractivity contribution in [2.75, 3.05) is 17.6 Å². The summed E-state index contributed by atoms with van der Waals surface area (Å²) in [6.45, 7) is 0.218. The lowest BCUT2D eigenvalue weighted by molar-refractivity contribution is 0.0963. The topological polar surface area (TPSA) is 102 Å². The second-order valence-corrected chi connectivity index (χ2v) is 6.69. The molecule has 0 radical (unpaired) electrons. The zero-order chi connectivity index (χ0) is 19.7. The molecule has 10 heteroatoms. The molecule has 1 aliphatic carbocycles.